The Bertz CT molecular complexity index is 80.8. The minimum atomic E-state index is 0. The van der Waals surface area contributed by atoms with E-state index in [2.05, 4.69) is 0 Å². The van der Waals surface area contributed by atoms with Gasteiger partial charge in [0.15, 0.2) is 0 Å². The smallest absolute Gasteiger partial charge is 1.00 e. The zero-order valence-corrected chi connectivity index (χ0v) is 5.27. The molecule has 0 unspecified atom stereocenters. The molecule has 0 N–H and O–H groups in total. The van der Waals surface area contributed by atoms with Crippen molar-refractivity contribution in [2.75, 3.05) is 0 Å². The van der Waals surface area contributed by atoms with E-state index >= 15 is 0 Å². The van der Waals surface area contributed by atoms with E-state index in [0.29, 0.717) is 15.0 Å². The topological polar surface area (TPSA) is 47.6 Å². The van der Waals surface area contributed by atoms with Crippen molar-refractivity contribution in [2.24, 2.45) is 0 Å². The maximum absolute atomic E-state index is 7.55. The monoisotopic (exact) mass is 157 g/mol. The van der Waals surface area contributed by atoms with Crippen LogP contribution in [0, 0.1) is 20.5 Å². The summed E-state index contributed by atoms with van der Waals surface area (Å²) in [6.07, 6.45) is 0. The van der Waals surface area contributed by atoms with Gasteiger partial charge < -0.3 is 12.4 Å². The Kier molecular flexibility index (Phi) is 36.1. The van der Waals surface area contributed by atoms with Crippen LogP contribution in [-0.2, 0) is 15.0 Å². The minimum absolute atomic E-state index is 0. The van der Waals surface area contributed by atoms with E-state index in [1.807, 2.05) is 0 Å². The third-order valence-electron chi connectivity index (χ3n) is 0.0674. The fourth-order valence-electron chi connectivity index (χ4n) is 0.0151. The van der Waals surface area contributed by atoms with Crippen molar-refractivity contribution in [3.05, 3.63) is 0 Å². The molecule has 5 heteroatoms. The minimum Gasteiger partial charge on any atom is -1.00 e. The molecule has 0 rings (SSSR count). The number of hydrogen-bond acceptors (Lipinski definition) is 2. The van der Waals surface area contributed by atoms with Crippen LogP contribution in [0.1, 0.15) is 0 Å². The molecule has 7 heavy (non-hydrogen) atoms. The first-order valence-corrected chi connectivity index (χ1v) is 1.69. The van der Waals surface area contributed by atoms with Crippen molar-refractivity contribution < 1.29 is 46.2 Å². The van der Waals surface area contributed by atoms with E-state index < -0.39 is 0 Å². The summed E-state index contributed by atoms with van der Waals surface area (Å²) < 4.78 is 0. The van der Waals surface area contributed by atoms with Gasteiger partial charge in [-0.15, -0.1) is 0 Å². The third kappa shape index (κ3) is 21.6. The molecular formula is C2ClCuLiN2. The standard InChI is InChI=1S/2CN.ClH.Cu.Li/c2*1-2;;;/h;;1H;;/q;;;;+1/p-1. The van der Waals surface area contributed by atoms with Crippen LogP contribution < -0.4 is 31.3 Å². The second kappa shape index (κ2) is 16.2. The molecule has 0 spiro atoms. The van der Waals surface area contributed by atoms with Gasteiger partial charge in [0.2, 0.25) is 0 Å². The van der Waals surface area contributed by atoms with Crippen LogP contribution in [0.5, 0.6) is 0 Å². The number of nitriles is 2. The number of rotatable bonds is 0. The molecule has 0 aromatic heterocycles. The summed E-state index contributed by atoms with van der Waals surface area (Å²) in [5, 5.41) is 15.1. The van der Waals surface area contributed by atoms with Crippen LogP contribution in [0.25, 0.3) is 0 Å². The summed E-state index contributed by atoms with van der Waals surface area (Å²) in [5.74, 6) is 0. The zero-order chi connectivity index (χ0) is 4.12. The molecular weight excluding hydrogens is 158 g/mol. The summed E-state index contributed by atoms with van der Waals surface area (Å²) >= 11 is 0.646. The van der Waals surface area contributed by atoms with Gasteiger partial charge in [0.25, 0.3) is 0 Å². The molecule has 0 heterocycles. The largest absolute Gasteiger partial charge is 1.00 e. The van der Waals surface area contributed by atoms with Gasteiger partial charge in [0, 0.05) is 0 Å². The van der Waals surface area contributed by atoms with Gasteiger partial charge in [-0.05, 0) is 0 Å². The average Bonchev–Trinajstić information content (AvgIpc) is 1.41. The number of hydrogen-bond donors (Lipinski definition) is 0. The molecule has 0 aromatic carbocycles. The molecule has 0 bridgehead atoms. The molecule has 0 aliphatic rings. The first kappa shape index (κ1) is 15.7. The Morgan fingerprint density at radius 3 is 1.43 bits per heavy atom. The van der Waals surface area contributed by atoms with Crippen molar-refractivity contribution in [3.63, 3.8) is 0 Å². The van der Waals surface area contributed by atoms with Gasteiger partial charge in [-0.3, -0.25) is 0 Å². The van der Waals surface area contributed by atoms with Crippen molar-refractivity contribution >= 4 is 0 Å². The van der Waals surface area contributed by atoms with Crippen molar-refractivity contribution in [3.8, 4) is 9.94 Å². The Hall–Kier alpha value is 0.387. The maximum atomic E-state index is 7.55. The van der Waals surface area contributed by atoms with Gasteiger partial charge in [0.1, 0.15) is 0 Å². The summed E-state index contributed by atoms with van der Waals surface area (Å²) in [6, 6.07) is 0. The molecule has 2 nitrogen and oxygen atoms in total. The van der Waals surface area contributed by atoms with Crippen LogP contribution in [0.15, 0.2) is 0 Å². The SMILES string of the molecule is N#[C][Cu][C]#N.[Cl-].[Li+]. The fourth-order valence-corrected chi connectivity index (χ4v) is 0.0622. The summed E-state index contributed by atoms with van der Waals surface area (Å²) in [5.41, 5.74) is 0. The second-order valence-corrected chi connectivity index (χ2v) is 0.867. The summed E-state index contributed by atoms with van der Waals surface area (Å²) in [4.78, 5) is 3.12. The van der Waals surface area contributed by atoms with Gasteiger partial charge in [0.05, 0.1) is 0 Å². The molecule has 0 saturated heterocycles. The molecule has 0 saturated carbocycles. The zero-order valence-electron chi connectivity index (χ0n) is 3.57. The molecule has 0 aliphatic carbocycles. The Morgan fingerprint density at radius 2 is 1.43 bits per heavy atom. The molecule has 37 valence electrons. The van der Waals surface area contributed by atoms with Crippen LogP contribution in [0.2, 0.25) is 0 Å². The molecule has 0 radical (unpaired) electrons. The van der Waals surface area contributed by atoms with E-state index in [-0.39, 0.29) is 31.3 Å². The van der Waals surface area contributed by atoms with Gasteiger partial charge >= 0.3 is 54.3 Å². The third-order valence-corrected chi connectivity index (χ3v) is 0.278. The van der Waals surface area contributed by atoms with Crippen LogP contribution in [0.3, 0.4) is 0 Å². The van der Waals surface area contributed by atoms with Crippen LogP contribution in [-0.4, -0.2) is 0 Å². The van der Waals surface area contributed by atoms with Crippen LogP contribution >= 0.6 is 0 Å². The predicted octanol–water partition coefficient (Wildman–Crippen LogP) is -5.96. The van der Waals surface area contributed by atoms with E-state index in [1.165, 1.54) is 0 Å². The molecule has 0 aromatic rings. The predicted molar refractivity (Wildman–Crippen MR) is 11.2 cm³/mol. The van der Waals surface area contributed by atoms with Crippen LogP contribution in [0.4, 0.5) is 0 Å². The van der Waals surface area contributed by atoms with Gasteiger partial charge in [-0.2, -0.15) is 0 Å². The van der Waals surface area contributed by atoms with E-state index in [9.17, 15) is 0 Å². The Balaban J connectivity index is -0.0000000800. The summed E-state index contributed by atoms with van der Waals surface area (Å²) in [7, 11) is 0. The van der Waals surface area contributed by atoms with Gasteiger partial charge in [-0.1, -0.05) is 0 Å². The number of nitrogens with zero attached hydrogens (tertiary/aromatic N) is 2. The second-order valence-electron chi connectivity index (χ2n) is 0.210. The normalized spacial score (nSPS) is 3.71. The van der Waals surface area contributed by atoms with E-state index in [4.69, 9.17) is 10.5 Å². The quantitative estimate of drug-likeness (QED) is 0.329. The Morgan fingerprint density at radius 1 is 1.14 bits per heavy atom. The Labute approximate surface area is 66.6 Å². The first-order chi connectivity index (χ1) is 2.41. The number of halogens is 1. The van der Waals surface area contributed by atoms with Crippen molar-refractivity contribution in [1.82, 2.24) is 0 Å². The average molecular weight is 158 g/mol. The molecule has 0 atom stereocenters. The fraction of sp³-hybridized carbons (Fsp3) is 0. The van der Waals surface area contributed by atoms with Crippen molar-refractivity contribution in [2.45, 2.75) is 0 Å². The first-order valence-electron chi connectivity index (χ1n) is 0.749. The van der Waals surface area contributed by atoms with Crippen molar-refractivity contribution in [1.29, 1.82) is 10.5 Å². The maximum Gasteiger partial charge on any atom is 1.00 e. The summed E-state index contributed by atoms with van der Waals surface area (Å²) in [6.45, 7) is 0. The van der Waals surface area contributed by atoms with E-state index in [1.54, 1.807) is 9.94 Å². The molecule has 0 aliphatic heterocycles. The molecule has 0 amide bonds. The van der Waals surface area contributed by atoms with E-state index in [0.717, 1.165) is 0 Å². The van der Waals surface area contributed by atoms with Gasteiger partial charge in [-0.25, -0.2) is 0 Å². The molecule has 0 fully saturated rings.